The minimum atomic E-state index is -0.777. The molecule has 1 N–H and O–H groups in total. The normalized spacial score (nSPS) is 19.9. The van der Waals surface area contributed by atoms with Crippen LogP contribution in [0.15, 0.2) is 47.2 Å². The van der Waals surface area contributed by atoms with E-state index in [9.17, 15) is 4.39 Å². The highest BCUT2D eigenvalue weighted by atomic mass is 19.1. The summed E-state index contributed by atoms with van der Waals surface area (Å²) in [6, 6.07) is 8.29. The van der Waals surface area contributed by atoms with Gasteiger partial charge >= 0.3 is 0 Å². The van der Waals surface area contributed by atoms with Crippen LogP contribution in [0.25, 0.3) is 44.7 Å². The molecule has 0 saturated carbocycles. The molecule has 1 aromatic carbocycles. The molecule has 234 valence electrons. The second-order valence-electron chi connectivity index (χ2n) is 12.0. The number of halogens is 2. The number of methoxy groups -OCH3 is 1. The largest absolute Gasteiger partial charge is 0.490 e. The minimum absolute atomic E-state index is 0.0440. The van der Waals surface area contributed by atoms with Crippen LogP contribution in [0.2, 0.25) is 0 Å². The smallest absolute Gasteiger partial charge is 0.160 e. The summed E-state index contributed by atoms with van der Waals surface area (Å²) in [5.74, 6) is -1.48. The van der Waals surface area contributed by atoms with E-state index in [0.717, 1.165) is 48.1 Å². The number of furan rings is 1. The van der Waals surface area contributed by atoms with E-state index >= 15 is 4.39 Å². The average molecular weight is 615 g/mol. The molecular formula is C34H36F2N6O3. The maximum absolute atomic E-state index is 16.0. The molecule has 2 aliphatic heterocycles. The summed E-state index contributed by atoms with van der Waals surface area (Å²) >= 11 is 0. The summed E-state index contributed by atoms with van der Waals surface area (Å²) in [6.07, 6.45) is 4.25. The monoisotopic (exact) mass is 614 g/mol. The van der Waals surface area contributed by atoms with Crippen LogP contribution in [0.4, 0.5) is 8.78 Å². The quantitative estimate of drug-likeness (QED) is 0.208. The van der Waals surface area contributed by atoms with E-state index < -0.39 is 11.6 Å². The van der Waals surface area contributed by atoms with Gasteiger partial charge in [-0.25, -0.2) is 13.8 Å². The third kappa shape index (κ3) is 5.08. The standard InChI is InChI=1S/C34H36F2N6O3/c1-18-16-37-19(2)28-15-27(40-42(18)28)33-30(31-25(36)13-22(35)14-29(31)44-11-10-43-5)23-7-9-45-34(23)32(39-33)21-12-24-20(3)41(4)8-6-26(24)38-17-21/h7,9,12-15,17-20,37H,6,8,10-11,16H2,1-5H3/t18-,19+,20+/m0/s1. The summed E-state index contributed by atoms with van der Waals surface area (Å²) in [7, 11) is 3.65. The molecular weight excluding hydrogens is 578 g/mol. The van der Waals surface area contributed by atoms with Crippen molar-refractivity contribution >= 4 is 11.0 Å². The Kier molecular flexibility index (Phi) is 7.63. The zero-order chi connectivity index (χ0) is 31.4. The highest BCUT2D eigenvalue weighted by Crippen LogP contribution is 2.46. The fourth-order valence-corrected chi connectivity index (χ4v) is 6.47. The Labute approximate surface area is 260 Å². The van der Waals surface area contributed by atoms with Crippen molar-refractivity contribution in [3.05, 3.63) is 71.4 Å². The lowest BCUT2D eigenvalue weighted by atomic mass is 9.93. The van der Waals surface area contributed by atoms with Crippen LogP contribution in [-0.2, 0) is 11.2 Å². The maximum Gasteiger partial charge on any atom is 0.160 e. The van der Waals surface area contributed by atoms with Gasteiger partial charge in [0.25, 0.3) is 0 Å². The number of nitrogens with zero attached hydrogens (tertiary/aromatic N) is 5. The van der Waals surface area contributed by atoms with Gasteiger partial charge in [0.2, 0.25) is 0 Å². The molecule has 0 bridgehead atoms. The van der Waals surface area contributed by atoms with Crippen molar-refractivity contribution in [3.8, 4) is 39.5 Å². The van der Waals surface area contributed by atoms with Gasteiger partial charge in [-0.15, -0.1) is 0 Å². The Balaban J connectivity index is 1.51. The van der Waals surface area contributed by atoms with Crippen LogP contribution in [-0.4, -0.2) is 65.1 Å². The number of fused-ring (bicyclic) bond motifs is 3. The zero-order valence-electron chi connectivity index (χ0n) is 26.0. The van der Waals surface area contributed by atoms with Crippen LogP contribution < -0.4 is 10.1 Å². The van der Waals surface area contributed by atoms with Gasteiger partial charge in [0.15, 0.2) is 5.58 Å². The molecule has 11 heteroatoms. The summed E-state index contributed by atoms with van der Waals surface area (Å²) in [6.45, 7) is 8.40. The van der Waals surface area contributed by atoms with Crippen LogP contribution >= 0.6 is 0 Å². The molecule has 0 fully saturated rings. The summed E-state index contributed by atoms with van der Waals surface area (Å²) < 4.78 is 49.8. The Hall–Kier alpha value is -4.19. The lowest BCUT2D eigenvalue weighted by Gasteiger charge is -2.31. The summed E-state index contributed by atoms with van der Waals surface area (Å²) in [5, 5.41) is 9.12. The van der Waals surface area contributed by atoms with E-state index in [1.54, 1.807) is 12.3 Å². The molecule has 0 saturated heterocycles. The van der Waals surface area contributed by atoms with Gasteiger partial charge in [0.05, 0.1) is 30.2 Å². The number of rotatable bonds is 7. The van der Waals surface area contributed by atoms with E-state index in [1.807, 2.05) is 16.9 Å². The van der Waals surface area contributed by atoms with E-state index in [0.29, 0.717) is 33.6 Å². The van der Waals surface area contributed by atoms with Gasteiger partial charge in [0, 0.05) is 79.2 Å². The van der Waals surface area contributed by atoms with Gasteiger partial charge in [-0.3, -0.25) is 14.6 Å². The number of hydrogen-bond acceptors (Lipinski definition) is 8. The van der Waals surface area contributed by atoms with Crippen molar-refractivity contribution in [3.63, 3.8) is 0 Å². The molecule has 4 aromatic heterocycles. The maximum atomic E-state index is 16.0. The van der Waals surface area contributed by atoms with E-state index in [4.69, 9.17) is 29.0 Å². The van der Waals surface area contributed by atoms with Gasteiger partial charge in [-0.1, -0.05) is 0 Å². The second-order valence-corrected chi connectivity index (χ2v) is 12.0. The first-order chi connectivity index (χ1) is 21.7. The Morgan fingerprint density at radius 1 is 1.07 bits per heavy atom. The molecule has 9 nitrogen and oxygen atoms in total. The lowest BCUT2D eigenvalue weighted by Crippen LogP contribution is -2.34. The first kappa shape index (κ1) is 29.5. The fourth-order valence-electron chi connectivity index (χ4n) is 6.47. The topological polar surface area (TPSA) is 90.5 Å². The van der Waals surface area contributed by atoms with E-state index in [2.05, 4.69) is 44.1 Å². The van der Waals surface area contributed by atoms with Crippen molar-refractivity contribution in [2.45, 2.75) is 45.3 Å². The van der Waals surface area contributed by atoms with Crippen LogP contribution in [0.1, 0.15) is 55.8 Å². The molecule has 6 heterocycles. The number of ether oxygens (including phenoxy) is 2. The number of nitrogens with one attached hydrogen (secondary N) is 1. The molecule has 0 aliphatic carbocycles. The number of hydrogen-bond donors (Lipinski definition) is 1. The molecule has 0 amide bonds. The number of benzene rings is 1. The van der Waals surface area contributed by atoms with Crippen molar-refractivity contribution in [2.75, 3.05) is 40.5 Å². The summed E-state index contributed by atoms with van der Waals surface area (Å²) in [4.78, 5) is 12.3. The fraction of sp³-hybridized carbons (Fsp3) is 0.382. The number of aromatic nitrogens is 4. The Morgan fingerprint density at radius 3 is 2.71 bits per heavy atom. The lowest BCUT2D eigenvalue weighted by molar-refractivity contribution is 0.146. The Morgan fingerprint density at radius 2 is 1.91 bits per heavy atom. The number of likely N-dealkylation sites (N-methyl/N-ethyl adjacent to an activating group) is 1. The van der Waals surface area contributed by atoms with Gasteiger partial charge < -0.3 is 19.2 Å². The van der Waals surface area contributed by atoms with Crippen molar-refractivity contribution in [1.29, 1.82) is 0 Å². The molecule has 45 heavy (non-hydrogen) atoms. The molecule has 3 atom stereocenters. The van der Waals surface area contributed by atoms with Crippen LogP contribution in [0, 0.1) is 11.6 Å². The highest BCUT2D eigenvalue weighted by molar-refractivity contribution is 6.06. The molecule has 0 spiro atoms. The zero-order valence-corrected chi connectivity index (χ0v) is 26.0. The van der Waals surface area contributed by atoms with Gasteiger partial charge in [-0.05, 0) is 51.6 Å². The van der Waals surface area contributed by atoms with Gasteiger partial charge in [-0.2, -0.15) is 5.10 Å². The Bertz CT molecular complexity index is 1880. The van der Waals surface area contributed by atoms with Gasteiger partial charge in [0.1, 0.15) is 41.1 Å². The molecule has 7 rings (SSSR count). The third-order valence-corrected chi connectivity index (χ3v) is 9.10. The van der Waals surface area contributed by atoms with Crippen LogP contribution in [0.3, 0.4) is 0 Å². The third-order valence-electron chi connectivity index (χ3n) is 9.10. The molecule has 5 aromatic rings. The van der Waals surface area contributed by atoms with Crippen LogP contribution in [0.5, 0.6) is 5.75 Å². The van der Waals surface area contributed by atoms with Crippen molar-refractivity contribution < 1.29 is 22.7 Å². The highest BCUT2D eigenvalue weighted by Gasteiger charge is 2.31. The minimum Gasteiger partial charge on any atom is -0.490 e. The SMILES string of the molecule is COCCOc1cc(F)cc(F)c1-c1c(-c2cc3n(n2)[C@@H](C)CN[C@@H]3C)nc(-c2cnc3c(c2)[C@@H](C)N(C)CC3)c2occc12. The first-order valence-electron chi connectivity index (χ1n) is 15.3. The van der Waals surface area contributed by atoms with Crippen molar-refractivity contribution in [2.24, 2.45) is 0 Å². The predicted molar refractivity (Wildman–Crippen MR) is 167 cm³/mol. The summed E-state index contributed by atoms with van der Waals surface area (Å²) in [5.41, 5.74) is 6.51. The van der Waals surface area contributed by atoms with E-state index in [-0.39, 0.29) is 42.7 Å². The van der Waals surface area contributed by atoms with Crippen molar-refractivity contribution in [1.82, 2.24) is 30.0 Å². The van der Waals surface area contributed by atoms with E-state index in [1.165, 1.54) is 13.2 Å². The average Bonchev–Trinajstić information content (AvgIpc) is 3.70. The molecule has 2 aliphatic rings. The predicted octanol–water partition coefficient (Wildman–Crippen LogP) is 6.50. The first-order valence-corrected chi connectivity index (χ1v) is 15.3. The number of pyridine rings is 2. The molecule has 0 unspecified atom stereocenters. The second kappa shape index (κ2) is 11.6. The molecule has 0 radical (unpaired) electrons.